The molecule has 1 saturated heterocycles. The van der Waals surface area contributed by atoms with Gasteiger partial charge in [-0.3, -0.25) is 4.90 Å². The first kappa shape index (κ1) is 12.4. The van der Waals surface area contributed by atoms with Crippen molar-refractivity contribution in [2.24, 2.45) is 0 Å². The zero-order valence-corrected chi connectivity index (χ0v) is 10.8. The van der Waals surface area contributed by atoms with Crippen LogP contribution < -0.4 is 4.90 Å². The maximum absolute atomic E-state index is 12.2. The Morgan fingerprint density at radius 2 is 2.17 bits per heavy atom. The van der Waals surface area contributed by atoms with Crippen molar-refractivity contribution >= 4 is 11.7 Å². The van der Waals surface area contributed by atoms with Crippen LogP contribution in [0.3, 0.4) is 0 Å². The Bertz CT molecular complexity index is 490. The molecular formula is C14H17N3O. The highest BCUT2D eigenvalue weighted by molar-refractivity contribution is 5.94. The summed E-state index contributed by atoms with van der Waals surface area (Å²) < 4.78 is 0. The van der Waals surface area contributed by atoms with Gasteiger partial charge in [0, 0.05) is 24.8 Å². The molecule has 2 rings (SSSR count). The zero-order chi connectivity index (χ0) is 13.1. The van der Waals surface area contributed by atoms with E-state index in [-0.39, 0.29) is 12.1 Å². The molecule has 2 amide bonds. The lowest BCUT2D eigenvalue weighted by Gasteiger charge is -2.22. The fraction of sp³-hybridized carbons (Fsp3) is 0.429. The number of benzene rings is 1. The second-order valence-electron chi connectivity index (χ2n) is 4.73. The summed E-state index contributed by atoms with van der Waals surface area (Å²) in [6.45, 7) is 5.52. The van der Waals surface area contributed by atoms with Gasteiger partial charge in [-0.15, -0.1) is 0 Å². The number of nitriles is 1. The smallest absolute Gasteiger partial charge is 0.320 e. The second-order valence-corrected chi connectivity index (χ2v) is 4.73. The number of hydrogen-bond donors (Lipinski definition) is 0. The molecule has 1 aliphatic heterocycles. The number of amides is 2. The summed E-state index contributed by atoms with van der Waals surface area (Å²) >= 11 is 0. The first-order valence-electron chi connectivity index (χ1n) is 6.17. The van der Waals surface area contributed by atoms with Crippen molar-refractivity contribution in [3.05, 3.63) is 29.8 Å². The topological polar surface area (TPSA) is 47.3 Å². The van der Waals surface area contributed by atoms with E-state index in [0.717, 1.165) is 17.8 Å². The monoisotopic (exact) mass is 243 g/mol. The predicted octanol–water partition coefficient (Wildman–Crippen LogP) is 2.40. The number of anilines is 1. The largest absolute Gasteiger partial charge is 0.324 e. The van der Waals surface area contributed by atoms with E-state index >= 15 is 0 Å². The lowest BCUT2D eigenvalue weighted by molar-refractivity contribution is 0.209. The lowest BCUT2D eigenvalue weighted by atomic mass is 10.1. The van der Waals surface area contributed by atoms with Crippen LogP contribution in [0.2, 0.25) is 0 Å². The lowest BCUT2D eigenvalue weighted by Crippen LogP contribution is -2.36. The van der Waals surface area contributed by atoms with E-state index in [0.29, 0.717) is 13.0 Å². The van der Waals surface area contributed by atoms with Gasteiger partial charge in [-0.2, -0.15) is 5.26 Å². The number of hydrogen-bond acceptors (Lipinski definition) is 2. The van der Waals surface area contributed by atoms with Crippen LogP contribution in [0, 0.1) is 11.3 Å². The molecule has 0 atom stereocenters. The summed E-state index contributed by atoms with van der Waals surface area (Å²) in [6, 6.07) is 10.1. The Kier molecular flexibility index (Phi) is 3.52. The molecule has 1 aromatic carbocycles. The molecule has 1 fully saturated rings. The Morgan fingerprint density at radius 1 is 1.39 bits per heavy atom. The maximum atomic E-state index is 12.2. The van der Waals surface area contributed by atoms with E-state index in [1.165, 1.54) is 0 Å². The van der Waals surface area contributed by atoms with Crippen molar-refractivity contribution in [1.29, 1.82) is 5.26 Å². The minimum atomic E-state index is 0.0547. The third kappa shape index (κ3) is 2.30. The third-order valence-corrected chi connectivity index (χ3v) is 3.17. The molecule has 94 valence electrons. The van der Waals surface area contributed by atoms with Crippen LogP contribution in [0.25, 0.3) is 0 Å². The second kappa shape index (κ2) is 5.09. The molecule has 4 nitrogen and oxygen atoms in total. The third-order valence-electron chi connectivity index (χ3n) is 3.17. The Morgan fingerprint density at radius 3 is 2.78 bits per heavy atom. The molecule has 0 aromatic heterocycles. The van der Waals surface area contributed by atoms with E-state index in [2.05, 4.69) is 6.07 Å². The van der Waals surface area contributed by atoms with Gasteiger partial charge in [0.25, 0.3) is 0 Å². The van der Waals surface area contributed by atoms with Crippen molar-refractivity contribution in [2.45, 2.75) is 26.3 Å². The van der Waals surface area contributed by atoms with Gasteiger partial charge in [-0.25, -0.2) is 4.79 Å². The number of carbonyl (C=O) groups excluding carboxylic acids is 1. The van der Waals surface area contributed by atoms with E-state index in [1.54, 1.807) is 4.90 Å². The molecule has 0 aliphatic carbocycles. The first-order valence-corrected chi connectivity index (χ1v) is 6.17. The summed E-state index contributed by atoms with van der Waals surface area (Å²) in [5.74, 6) is 0. The van der Waals surface area contributed by atoms with Crippen LogP contribution in [0.1, 0.15) is 19.4 Å². The zero-order valence-electron chi connectivity index (χ0n) is 10.8. The molecule has 4 heteroatoms. The van der Waals surface area contributed by atoms with Crippen molar-refractivity contribution in [3.8, 4) is 6.07 Å². The standard InChI is InChI=1S/C14H17N3O/c1-11(2)16-8-9-17(14(16)18)13-5-3-4-12(10-13)6-7-15/h3-5,10-11H,6,8-9H2,1-2H3. The van der Waals surface area contributed by atoms with Crippen molar-refractivity contribution < 1.29 is 4.79 Å². The Labute approximate surface area is 107 Å². The summed E-state index contributed by atoms with van der Waals surface area (Å²) in [5, 5.41) is 8.70. The average molecular weight is 243 g/mol. The van der Waals surface area contributed by atoms with Gasteiger partial charge in [0.15, 0.2) is 0 Å². The Balaban J connectivity index is 2.20. The van der Waals surface area contributed by atoms with Crippen LogP contribution in [0.5, 0.6) is 0 Å². The molecule has 18 heavy (non-hydrogen) atoms. The molecule has 0 saturated carbocycles. The molecule has 1 aliphatic rings. The molecule has 1 heterocycles. The summed E-state index contributed by atoms with van der Waals surface area (Å²) in [7, 11) is 0. The fourth-order valence-electron chi connectivity index (χ4n) is 2.20. The molecular weight excluding hydrogens is 226 g/mol. The summed E-state index contributed by atoms with van der Waals surface area (Å²) in [4.78, 5) is 15.8. The Hall–Kier alpha value is -2.02. The molecule has 0 radical (unpaired) electrons. The highest BCUT2D eigenvalue weighted by atomic mass is 16.2. The first-order chi connectivity index (χ1) is 8.63. The van der Waals surface area contributed by atoms with Crippen LogP contribution in [-0.4, -0.2) is 30.1 Å². The van der Waals surface area contributed by atoms with Gasteiger partial charge < -0.3 is 4.90 Å². The minimum Gasteiger partial charge on any atom is -0.320 e. The van der Waals surface area contributed by atoms with Gasteiger partial charge in [-0.1, -0.05) is 12.1 Å². The molecule has 0 N–H and O–H groups in total. The van der Waals surface area contributed by atoms with E-state index in [9.17, 15) is 4.79 Å². The van der Waals surface area contributed by atoms with Crippen molar-refractivity contribution in [3.63, 3.8) is 0 Å². The molecule has 0 unspecified atom stereocenters. The van der Waals surface area contributed by atoms with Gasteiger partial charge in [0.1, 0.15) is 0 Å². The summed E-state index contributed by atoms with van der Waals surface area (Å²) in [5.41, 5.74) is 1.83. The van der Waals surface area contributed by atoms with Crippen molar-refractivity contribution in [2.75, 3.05) is 18.0 Å². The maximum Gasteiger partial charge on any atom is 0.324 e. The minimum absolute atomic E-state index is 0.0547. The van der Waals surface area contributed by atoms with E-state index in [4.69, 9.17) is 5.26 Å². The van der Waals surface area contributed by atoms with Gasteiger partial charge >= 0.3 is 6.03 Å². The van der Waals surface area contributed by atoms with E-state index in [1.807, 2.05) is 43.0 Å². The van der Waals surface area contributed by atoms with Crippen LogP contribution in [0.15, 0.2) is 24.3 Å². The van der Waals surface area contributed by atoms with Gasteiger partial charge in [0.2, 0.25) is 0 Å². The van der Waals surface area contributed by atoms with Crippen LogP contribution in [0.4, 0.5) is 10.5 Å². The molecule has 1 aromatic rings. The van der Waals surface area contributed by atoms with Gasteiger partial charge in [-0.05, 0) is 31.5 Å². The van der Waals surface area contributed by atoms with Gasteiger partial charge in [0.05, 0.1) is 12.5 Å². The van der Waals surface area contributed by atoms with E-state index < -0.39 is 0 Å². The fourth-order valence-corrected chi connectivity index (χ4v) is 2.20. The number of urea groups is 1. The predicted molar refractivity (Wildman–Crippen MR) is 70.3 cm³/mol. The average Bonchev–Trinajstić information content (AvgIpc) is 2.72. The van der Waals surface area contributed by atoms with Crippen molar-refractivity contribution in [1.82, 2.24) is 4.90 Å². The van der Waals surface area contributed by atoms with Crippen LogP contribution in [-0.2, 0) is 6.42 Å². The summed E-state index contributed by atoms with van der Waals surface area (Å²) in [6.07, 6.45) is 0.379. The highest BCUT2D eigenvalue weighted by Crippen LogP contribution is 2.22. The quantitative estimate of drug-likeness (QED) is 0.818. The number of rotatable bonds is 3. The number of nitrogens with zero attached hydrogens (tertiary/aromatic N) is 3. The SMILES string of the molecule is CC(C)N1CCN(c2cccc(CC#N)c2)C1=O. The highest BCUT2D eigenvalue weighted by Gasteiger charge is 2.30. The van der Waals surface area contributed by atoms with Crippen LogP contribution >= 0.6 is 0 Å². The molecule has 0 bridgehead atoms. The normalized spacial score (nSPS) is 15.3. The number of carbonyl (C=O) groups is 1. The molecule has 0 spiro atoms.